The van der Waals surface area contributed by atoms with E-state index in [1.165, 1.54) is 32.1 Å². The van der Waals surface area contributed by atoms with Gasteiger partial charge in [0.25, 0.3) is 0 Å². The Kier molecular flexibility index (Phi) is 5.99. The number of hydrogen-bond acceptors (Lipinski definition) is 3. The first-order valence-corrected chi connectivity index (χ1v) is 7.89. The van der Waals surface area contributed by atoms with E-state index in [0.717, 1.165) is 18.0 Å². The van der Waals surface area contributed by atoms with Gasteiger partial charge in [-0.1, -0.05) is 19.3 Å². The maximum atomic E-state index is 6.15. The fourth-order valence-electron chi connectivity index (χ4n) is 2.74. The fourth-order valence-corrected chi connectivity index (χ4v) is 3.10. The van der Waals surface area contributed by atoms with Gasteiger partial charge in [-0.2, -0.15) is 0 Å². The lowest BCUT2D eigenvalue weighted by Gasteiger charge is -2.36. The molecule has 0 amide bonds. The molecule has 0 aromatic heterocycles. The summed E-state index contributed by atoms with van der Waals surface area (Å²) in [5.74, 6) is 2.41. The van der Waals surface area contributed by atoms with Crippen LogP contribution in [0.1, 0.15) is 32.1 Å². The summed E-state index contributed by atoms with van der Waals surface area (Å²) in [4.78, 5) is 0. The predicted molar refractivity (Wildman–Crippen MR) is 83.0 cm³/mol. The third kappa shape index (κ3) is 4.29. The summed E-state index contributed by atoms with van der Waals surface area (Å²) in [6.07, 6.45) is 6.25. The maximum absolute atomic E-state index is 6.15. The van der Waals surface area contributed by atoms with Crippen LogP contribution in [0.4, 0.5) is 0 Å². The quantitative estimate of drug-likeness (QED) is 0.616. The van der Waals surface area contributed by atoms with Gasteiger partial charge in [-0.15, -0.1) is 11.6 Å². The SMILES string of the molecule is COc1ccc(OCCNC2(CCl)CCCCC2)cc1. The van der Waals surface area contributed by atoms with Gasteiger partial charge in [-0.25, -0.2) is 0 Å². The van der Waals surface area contributed by atoms with E-state index in [4.69, 9.17) is 21.1 Å². The molecule has 4 heteroatoms. The minimum absolute atomic E-state index is 0.128. The zero-order chi connectivity index (χ0) is 14.3. The van der Waals surface area contributed by atoms with Gasteiger partial charge in [0.15, 0.2) is 0 Å². The summed E-state index contributed by atoms with van der Waals surface area (Å²) in [6, 6.07) is 7.67. The van der Waals surface area contributed by atoms with E-state index < -0.39 is 0 Å². The van der Waals surface area contributed by atoms with Crippen LogP contribution in [-0.4, -0.2) is 31.7 Å². The van der Waals surface area contributed by atoms with Crippen molar-refractivity contribution in [2.45, 2.75) is 37.6 Å². The Morgan fingerprint density at radius 3 is 2.35 bits per heavy atom. The molecule has 0 aliphatic heterocycles. The molecular formula is C16H24ClNO2. The summed E-state index contributed by atoms with van der Waals surface area (Å²) in [6.45, 7) is 1.49. The first kappa shape index (κ1) is 15.5. The minimum atomic E-state index is 0.128. The summed E-state index contributed by atoms with van der Waals surface area (Å²) in [7, 11) is 1.66. The second-order valence-electron chi connectivity index (χ2n) is 5.43. The van der Waals surface area contributed by atoms with Crippen LogP contribution in [-0.2, 0) is 0 Å². The molecule has 1 aliphatic carbocycles. The number of hydrogen-bond donors (Lipinski definition) is 1. The van der Waals surface area contributed by atoms with Crippen molar-refractivity contribution in [3.8, 4) is 11.5 Å². The van der Waals surface area contributed by atoms with Crippen molar-refractivity contribution in [3.05, 3.63) is 24.3 Å². The monoisotopic (exact) mass is 297 g/mol. The molecule has 0 atom stereocenters. The van der Waals surface area contributed by atoms with Crippen LogP contribution in [0.2, 0.25) is 0 Å². The highest BCUT2D eigenvalue weighted by atomic mass is 35.5. The van der Waals surface area contributed by atoms with Crippen LogP contribution < -0.4 is 14.8 Å². The third-order valence-corrected chi connectivity index (χ3v) is 4.51. The number of alkyl halides is 1. The lowest BCUT2D eigenvalue weighted by molar-refractivity contribution is 0.230. The second-order valence-corrected chi connectivity index (χ2v) is 5.69. The van der Waals surface area contributed by atoms with Crippen LogP contribution in [0.3, 0.4) is 0 Å². The second kappa shape index (κ2) is 7.75. The largest absolute Gasteiger partial charge is 0.497 e. The van der Waals surface area contributed by atoms with Crippen LogP contribution in [0.5, 0.6) is 11.5 Å². The summed E-state index contributed by atoms with van der Waals surface area (Å²) < 4.78 is 10.8. The van der Waals surface area contributed by atoms with E-state index in [0.29, 0.717) is 12.5 Å². The highest BCUT2D eigenvalue weighted by molar-refractivity contribution is 6.18. The normalized spacial score (nSPS) is 17.7. The molecule has 20 heavy (non-hydrogen) atoms. The molecule has 0 spiro atoms. The van der Waals surface area contributed by atoms with Crippen molar-refractivity contribution in [1.29, 1.82) is 0 Å². The molecule has 1 aliphatic rings. The Bertz CT molecular complexity index is 388. The van der Waals surface area contributed by atoms with Crippen molar-refractivity contribution < 1.29 is 9.47 Å². The van der Waals surface area contributed by atoms with Gasteiger partial charge in [-0.3, -0.25) is 0 Å². The van der Waals surface area contributed by atoms with Gasteiger partial charge >= 0.3 is 0 Å². The van der Waals surface area contributed by atoms with E-state index in [-0.39, 0.29) is 5.54 Å². The van der Waals surface area contributed by atoms with Gasteiger partial charge in [0, 0.05) is 18.0 Å². The topological polar surface area (TPSA) is 30.5 Å². The third-order valence-electron chi connectivity index (χ3n) is 4.00. The number of methoxy groups -OCH3 is 1. The lowest BCUT2D eigenvalue weighted by Crippen LogP contribution is -2.49. The van der Waals surface area contributed by atoms with Crippen molar-refractivity contribution in [1.82, 2.24) is 5.32 Å². The molecule has 0 unspecified atom stereocenters. The zero-order valence-electron chi connectivity index (χ0n) is 12.2. The van der Waals surface area contributed by atoms with Crippen molar-refractivity contribution in [2.24, 2.45) is 0 Å². The molecule has 1 aromatic carbocycles. The summed E-state index contributed by atoms with van der Waals surface area (Å²) in [5.41, 5.74) is 0.128. The molecule has 0 radical (unpaired) electrons. The smallest absolute Gasteiger partial charge is 0.119 e. The van der Waals surface area contributed by atoms with Crippen LogP contribution in [0, 0.1) is 0 Å². The number of nitrogens with one attached hydrogen (secondary N) is 1. The summed E-state index contributed by atoms with van der Waals surface area (Å²) >= 11 is 6.15. The molecule has 1 fully saturated rings. The Morgan fingerprint density at radius 2 is 1.75 bits per heavy atom. The average Bonchev–Trinajstić information content (AvgIpc) is 2.53. The average molecular weight is 298 g/mol. The highest BCUT2D eigenvalue weighted by Gasteiger charge is 2.30. The van der Waals surface area contributed by atoms with Gasteiger partial charge in [0.2, 0.25) is 0 Å². The van der Waals surface area contributed by atoms with E-state index in [9.17, 15) is 0 Å². The molecule has 1 saturated carbocycles. The molecule has 0 bridgehead atoms. The van der Waals surface area contributed by atoms with Crippen molar-refractivity contribution in [2.75, 3.05) is 26.1 Å². The molecule has 0 heterocycles. The van der Waals surface area contributed by atoms with Gasteiger partial charge < -0.3 is 14.8 Å². The van der Waals surface area contributed by atoms with E-state index in [1.807, 2.05) is 24.3 Å². The number of rotatable bonds is 7. The van der Waals surface area contributed by atoms with E-state index in [1.54, 1.807) is 7.11 Å². The number of ether oxygens (including phenoxy) is 2. The Labute approximate surface area is 126 Å². The Balaban J connectivity index is 1.72. The molecule has 1 aromatic rings. The maximum Gasteiger partial charge on any atom is 0.119 e. The van der Waals surface area contributed by atoms with Gasteiger partial charge in [-0.05, 0) is 37.1 Å². The van der Waals surface area contributed by atoms with Crippen molar-refractivity contribution >= 4 is 11.6 Å². The minimum Gasteiger partial charge on any atom is -0.497 e. The Morgan fingerprint density at radius 1 is 1.10 bits per heavy atom. The van der Waals surface area contributed by atoms with Crippen molar-refractivity contribution in [3.63, 3.8) is 0 Å². The Hall–Kier alpha value is -0.930. The fraction of sp³-hybridized carbons (Fsp3) is 0.625. The number of halogens is 1. The molecular weight excluding hydrogens is 274 g/mol. The first-order valence-electron chi connectivity index (χ1n) is 7.36. The van der Waals surface area contributed by atoms with Crippen LogP contribution in [0.25, 0.3) is 0 Å². The van der Waals surface area contributed by atoms with Gasteiger partial charge in [0.1, 0.15) is 18.1 Å². The van der Waals surface area contributed by atoms with E-state index >= 15 is 0 Å². The first-order chi connectivity index (χ1) is 9.78. The lowest BCUT2D eigenvalue weighted by atomic mass is 9.83. The van der Waals surface area contributed by atoms with Crippen LogP contribution >= 0.6 is 11.6 Å². The molecule has 1 N–H and O–H groups in total. The number of benzene rings is 1. The molecule has 2 rings (SSSR count). The predicted octanol–water partition coefficient (Wildman–Crippen LogP) is 3.61. The van der Waals surface area contributed by atoms with Gasteiger partial charge in [0.05, 0.1) is 7.11 Å². The molecule has 0 saturated heterocycles. The standard InChI is InChI=1S/C16H24ClNO2/c1-19-14-5-7-15(8-6-14)20-12-11-18-16(13-17)9-3-2-4-10-16/h5-8,18H,2-4,9-13H2,1H3. The zero-order valence-corrected chi connectivity index (χ0v) is 12.9. The highest BCUT2D eigenvalue weighted by Crippen LogP contribution is 2.29. The van der Waals surface area contributed by atoms with E-state index in [2.05, 4.69) is 5.32 Å². The van der Waals surface area contributed by atoms with Crippen LogP contribution in [0.15, 0.2) is 24.3 Å². The summed E-state index contributed by atoms with van der Waals surface area (Å²) in [5, 5.41) is 3.60. The molecule has 3 nitrogen and oxygen atoms in total. The molecule has 112 valence electrons.